The second-order valence-electron chi connectivity index (χ2n) is 4.96. The first-order chi connectivity index (χ1) is 11.9. The van der Waals surface area contributed by atoms with Crippen LogP contribution in [0.4, 0.5) is 14.5 Å². The average Bonchev–Trinajstić information content (AvgIpc) is 2.56. The van der Waals surface area contributed by atoms with Crippen LogP contribution in [0.25, 0.3) is 0 Å². The molecule has 0 fully saturated rings. The summed E-state index contributed by atoms with van der Waals surface area (Å²) in [7, 11) is 0. The number of nitrogens with one attached hydrogen (secondary N) is 1. The Labute approximate surface area is 147 Å². The normalized spacial score (nSPS) is 11.5. The molecule has 1 atom stereocenters. The molecule has 0 aliphatic carbocycles. The molecule has 0 unspecified atom stereocenters. The first-order valence-electron chi connectivity index (χ1n) is 7.19. The van der Waals surface area contributed by atoms with Gasteiger partial charge in [0.25, 0.3) is 5.91 Å². The van der Waals surface area contributed by atoms with Crippen LogP contribution in [0.5, 0.6) is 5.75 Å². The van der Waals surface area contributed by atoms with Gasteiger partial charge in [-0.05, 0) is 37.3 Å². The second kappa shape index (κ2) is 8.43. The van der Waals surface area contributed by atoms with Crippen molar-refractivity contribution in [3.63, 3.8) is 0 Å². The highest BCUT2D eigenvalue weighted by Crippen LogP contribution is 2.22. The number of carbonyl (C=O) groups excluding carboxylic acids is 2. The Hall–Kier alpha value is -2.67. The van der Waals surface area contributed by atoms with Crippen LogP contribution >= 0.6 is 11.6 Å². The number of esters is 1. The van der Waals surface area contributed by atoms with Crippen molar-refractivity contribution in [2.45, 2.75) is 13.0 Å². The highest BCUT2D eigenvalue weighted by atomic mass is 35.5. The van der Waals surface area contributed by atoms with Crippen LogP contribution in [-0.4, -0.2) is 24.6 Å². The average molecular weight is 370 g/mol. The maximum absolute atomic E-state index is 13.4. The highest BCUT2D eigenvalue weighted by molar-refractivity contribution is 6.33. The standard InChI is InChI=1S/C17H14ClF2NO4/c1-10(17(23)21-14-7-6-11(19)8-12(14)18)25-16(22)9-24-15-5-3-2-4-13(15)20/h2-8,10H,9H2,1H3,(H,21,23)/t10-/m0/s1. The second-order valence-corrected chi connectivity index (χ2v) is 5.37. The van der Waals surface area contributed by atoms with Crippen molar-refractivity contribution in [3.05, 3.63) is 59.1 Å². The van der Waals surface area contributed by atoms with Gasteiger partial charge in [-0.2, -0.15) is 0 Å². The smallest absolute Gasteiger partial charge is 0.344 e. The predicted octanol–water partition coefficient (Wildman–Crippen LogP) is 3.57. The quantitative estimate of drug-likeness (QED) is 0.791. The first-order valence-corrected chi connectivity index (χ1v) is 7.57. The number of rotatable bonds is 6. The number of ether oxygens (including phenoxy) is 2. The number of para-hydroxylation sites is 1. The fourth-order valence-corrected chi connectivity index (χ4v) is 2.02. The van der Waals surface area contributed by atoms with Gasteiger partial charge < -0.3 is 14.8 Å². The minimum absolute atomic E-state index is 0.00904. The highest BCUT2D eigenvalue weighted by Gasteiger charge is 2.19. The molecule has 5 nitrogen and oxygen atoms in total. The van der Waals surface area contributed by atoms with Crippen molar-refractivity contribution in [1.82, 2.24) is 0 Å². The Kier molecular flexibility index (Phi) is 6.30. The summed E-state index contributed by atoms with van der Waals surface area (Å²) in [4.78, 5) is 23.7. The van der Waals surface area contributed by atoms with Crippen LogP contribution < -0.4 is 10.1 Å². The van der Waals surface area contributed by atoms with E-state index in [1.165, 1.54) is 31.2 Å². The van der Waals surface area contributed by atoms with E-state index in [1.807, 2.05) is 0 Å². The van der Waals surface area contributed by atoms with E-state index in [0.29, 0.717) is 0 Å². The molecule has 2 rings (SSSR count). The van der Waals surface area contributed by atoms with Crippen LogP contribution in [0.3, 0.4) is 0 Å². The lowest BCUT2D eigenvalue weighted by Gasteiger charge is -2.14. The van der Waals surface area contributed by atoms with Crippen LogP contribution in [0.15, 0.2) is 42.5 Å². The number of carbonyl (C=O) groups is 2. The van der Waals surface area contributed by atoms with Gasteiger partial charge in [0.15, 0.2) is 24.3 Å². The zero-order valence-corrected chi connectivity index (χ0v) is 13.8. The number of hydrogen-bond donors (Lipinski definition) is 1. The molecule has 1 N–H and O–H groups in total. The fraction of sp³-hybridized carbons (Fsp3) is 0.176. The summed E-state index contributed by atoms with van der Waals surface area (Å²) in [5, 5.41) is 2.42. The van der Waals surface area contributed by atoms with Crippen molar-refractivity contribution in [2.24, 2.45) is 0 Å². The Morgan fingerprint density at radius 1 is 1.20 bits per heavy atom. The van der Waals surface area contributed by atoms with Gasteiger partial charge in [-0.15, -0.1) is 0 Å². The van der Waals surface area contributed by atoms with Crippen molar-refractivity contribution in [2.75, 3.05) is 11.9 Å². The van der Waals surface area contributed by atoms with Gasteiger partial charge >= 0.3 is 5.97 Å². The molecule has 8 heteroatoms. The molecule has 0 aliphatic heterocycles. The van der Waals surface area contributed by atoms with Gasteiger partial charge in [0, 0.05) is 0 Å². The van der Waals surface area contributed by atoms with Gasteiger partial charge in [-0.3, -0.25) is 4.79 Å². The van der Waals surface area contributed by atoms with E-state index in [9.17, 15) is 18.4 Å². The molecule has 1 amide bonds. The van der Waals surface area contributed by atoms with E-state index < -0.39 is 36.2 Å². The van der Waals surface area contributed by atoms with Crippen LogP contribution in [0.1, 0.15) is 6.92 Å². The minimum atomic E-state index is -1.15. The molecule has 0 saturated heterocycles. The number of amides is 1. The molecule has 25 heavy (non-hydrogen) atoms. The summed E-state index contributed by atoms with van der Waals surface area (Å²) in [6.07, 6.45) is -1.15. The van der Waals surface area contributed by atoms with E-state index >= 15 is 0 Å². The summed E-state index contributed by atoms with van der Waals surface area (Å²) in [5.74, 6) is -2.78. The lowest BCUT2D eigenvalue weighted by atomic mass is 10.3. The molecule has 0 aromatic heterocycles. The number of hydrogen-bond acceptors (Lipinski definition) is 4. The SMILES string of the molecule is C[C@H](OC(=O)COc1ccccc1F)C(=O)Nc1ccc(F)cc1Cl. The van der Waals surface area contributed by atoms with Crippen LogP contribution in [0, 0.1) is 11.6 Å². The van der Waals surface area contributed by atoms with Crippen molar-refractivity contribution in [3.8, 4) is 5.75 Å². The monoisotopic (exact) mass is 369 g/mol. The third-order valence-corrected chi connectivity index (χ3v) is 3.36. The van der Waals surface area contributed by atoms with Crippen molar-refractivity contribution < 1.29 is 27.8 Å². The minimum Gasteiger partial charge on any atom is -0.479 e. The number of benzene rings is 2. The lowest BCUT2D eigenvalue weighted by molar-refractivity contribution is -0.155. The summed E-state index contributed by atoms with van der Waals surface area (Å²) >= 11 is 5.80. The molecule has 0 bridgehead atoms. The van der Waals surface area contributed by atoms with E-state index in [2.05, 4.69) is 5.32 Å². The summed E-state index contributed by atoms with van der Waals surface area (Å²) in [6.45, 7) is 0.781. The third kappa shape index (κ3) is 5.42. The molecular formula is C17H14ClF2NO4. The third-order valence-electron chi connectivity index (χ3n) is 3.05. The molecule has 132 valence electrons. The van der Waals surface area contributed by atoms with E-state index in [4.69, 9.17) is 21.1 Å². The van der Waals surface area contributed by atoms with Crippen molar-refractivity contribution >= 4 is 29.2 Å². The molecule has 0 spiro atoms. The Morgan fingerprint density at radius 3 is 2.60 bits per heavy atom. The van der Waals surface area contributed by atoms with E-state index in [0.717, 1.165) is 12.1 Å². The van der Waals surface area contributed by atoms with Gasteiger partial charge in [0.2, 0.25) is 0 Å². The number of anilines is 1. The van der Waals surface area contributed by atoms with Crippen LogP contribution in [-0.2, 0) is 14.3 Å². The molecule has 0 aliphatic rings. The fourth-order valence-electron chi connectivity index (χ4n) is 1.81. The zero-order valence-electron chi connectivity index (χ0n) is 13.1. The van der Waals surface area contributed by atoms with E-state index in [-0.39, 0.29) is 16.5 Å². The Balaban J connectivity index is 1.85. The first kappa shape index (κ1) is 18.7. The Bertz CT molecular complexity index is 785. The molecular weight excluding hydrogens is 356 g/mol. The maximum Gasteiger partial charge on any atom is 0.344 e. The number of halogens is 3. The summed E-state index contributed by atoms with van der Waals surface area (Å²) < 4.78 is 36.2. The van der Waals surface area contributed by atoms with E-state index in [1.54, 1.807) is 6.07 Å². The molecule has 2 aromatic carbocycles. The maximum atomic E-state index is 13.4. The predicted molar refractivity (Wildman–Crippen MR) is 87.5 cm³/mol. The molecule has 0 saturated carbocycles. The molecule has 0 radical (unpaired) electrons. The zero-order chi connectivity index (χ0) is 18.4. The van der Waals surface area contributed by atoms with Gasteiger partial charge in [0.1, 0.15) is 5.82 Å². The van der Waals surface area contributed by atoms with Crippen molar-refractivity contribution in [1.29, 1.82) is 0 Å². The summed E-state index contributed by atoms with van der Waals surface area (Å²) in [6, 6.07) is 9.01. The molecule has 2 aromatic rings. The Morgan fingerprint density at radius 2 is 1.92 bits per heavy atom. The summed E-state index contributed by atoms with van der Waals surface area (Å²) in [5.41, 5.74) is 0.179. The van der Waals surface area contributed by atoms with Crippen LogP contribution in [0.2, 0.25) is 5.02 Å². The van der Waals surface area contributed by atoms with Gasteiger partial charge in [-0.1, -0.05) is 23.7 Å². The van der Waals surface area contributed by atoms with Gasteiger partial charge in [-0.25, -0.2) is 13.6 Å². The topological polar surface area (TPSA) is 64.6 Å². The van der Waals surface area contributed by atoms with Gasteiger partial charge in [0.05, 0.1) is 10.7 Å². The largest absolute Gasteiger partial charge is 0.479 e. The molecule has 0 heterocycles. The lowest BCUT2D eigenvalue weighted by Crippen LogP contribution is -2.31.